The molecule has 1 amide bonds. The van der Waals surface area contributed by atoms with E-state index in [9.17, 15) is 4.79 Å². The molecule has 202 valence electrons. The van der Waals surface area contributed by atoms with Gasteiger partial charge in [-0.3, -0.25) is 9.69 Å². The molecule has 1 aliphatic heterocycles. The van der Waals surface area contributed by atoms with Crippen molar-refractivity contribution in [3.63, 3.8) is 0 Å². The topological polar surface area (TPSA) is 41.4 Å². The average Bonchev–Trinajstić information content (AvgIpc) is 3.25. The van der Waals surface area contributed by atoms with Crippen molar-refractivity contribution in [1.29, 1.82) is 0 Å². The average molecular weight is 574 g/mol. The zero-order valence-electron chi connectivity index (χ0n) is 22.3. The third-order valence-corrected chi connectivity index (χ3v) is 8.67. The van der Waals surface area contributed by atoms with Crippen LogP contribution in [0, 0.1) is 12.3 Å². The van der Waals surface area contributed by atoms with Crippen LogP contribution in [0.4, 0.5) is 0 Å². The number of carbonyl (C=O) groups excluding carboxylic acids is 1. The Morgan fingerprint density at radius 2 is 1.63 bits per heavy atom. The molecule has 1 fully saturated rings. The summed E-state index contributed by atoms with van der Waals surface area (Å²) in [7, 11) is 0. The molecule has 38 heavy (non-hydrogen) atoms. The van der Waals surface area contributed by atoms with E-state index in [4.69, 9.17) is 39.9 Å². The summed E-state index contributed by atoms with van der Waals surface area (Å²) in [5, 5.41) is 6.44. The van der Waals surface area contributed by atoms with Crippen LogP contribution in [0.3, 0.4) is 0 Å². The number of hydrogen-bond acceptors (Lipinski definition) is 3. The second kappa shape index (κ2) is 12.3. The summed E-state index contributed by atoms with van der Waals surface area (Å²) in [4.78, 5) is 18.2. The summed E-state index contributed by atoms with van der Waals surface area (Å²) < 4.78 is 1.74. The quantitative estimate of drug-likeness (QED) is 0.244. The zero-order valence-corrected chi connectivity index (χ0v) is 24.6. The van der Waals surface area contributed by atoms with Crippen molar-refractivity contribution < 1.29 is 4.79 Å². The zero-order chi connectivity index (χ0) is 27.4. The van der Waals surface area contributed by atoms with Gasteiger partial charge in [-0.2, -0.15) is 5.10 Å². The molecule has 2 aromatic carbocycles. The van der Waals surface area contributed by atoms with Crippen molar-refractivity contribution in [3.8, 4) is 16.9 Å². The number of nitrogens with zero attached hydrogens (tertiary/aromatic N) is 4. The van der Waals surface area contributed by atoms with Crippen molar-refractivity contribution in [3.05, 3.63) is 81.4 Å². The molecule has 8 heteroatoms. The van der Waals surface area contributed by atoms with E-state index in [0.29, 0.717) is 39.5 Å². The fourth-order valence-electron chi connectivity index (χ4n) is 5.34. The molecule has 2 heterocycles. The van der Waals surface area contributed by atoms with Gasteiger partial charge in [-0.25, -0.2) is 4.68 Å². The first-order chi connectivity index (χ1) is 18.2. The number of aromatic nitrogens is 2. The molecule has 0 radical (unpaired) electrons. The molecule has 4 rings (SSSR count). The molecule has 1 aliphatic rings. The van der Waals surface area contributed by atoms with Crippen molar-refractivity contribution in [2.75, 3.05) is 32.7 Å². The highest BCUT2D eigenvalue weighted by molar-refractivity contribution is 6.35. The molecule has 3 aromatic rings. The Hall–Kier alpha value is -2.31. The number of halogens is 3. The van der Waals surface area contributed by atoms with Crippen molar-refractivity contribution in [2.45, 2.75) is 40.0 Å². The lowest BCUT2D eigenvalue weighted by atomic mass is 9.78. The monoisotopic (exact) mass is 572 g/mol. The standard InChI is InChI=1S/C30H35Cl3N4O/c1-5-14-30(6-2,7-3)20-35-15-17-36(18-16-35)29(38)27-21(4)28(22-8-10-23(31)11-9-22)37(34-27)26-13-12-24(32)19-25(26)33/h5,8-13,19H,1,6-7,14-18,20H2,2-4H3. The molecular weight excluding hydrogens is 539 g/mol. The first-order valence-electron chi connectivity index (χ1n) is 13.2. The Morgan fingerprint density at radius 1 is 1.00 bits per heavy atom. The first-order valence-corrected chi connectivity index (χ1v) is 14.3. The van der Waals surface area contributed by atoms with E-state index in [0.717, 1.165) is 55.7 Å². The summed E-state index contributed by atoms with van der Waals surface area (Å²) in [6.07, 6.45) is 5.28. The number of allylic oxidation sites excluding steroid dienone is 1. The van der Waals surface area contributed by atoms with Gasteiger partial charge >= 0.3 is 0 Å². The normalized spacial score (nSPS) is 14.6. The van der Waals surface area contributed by atoms with Crippen LogP contribution in [0.25, 0.3) is 16.9 Å². The second-order valence-electron chi connectivity index (χ2n) is 10.1. The van der Waals surface area contributed by atoms with Crippen LogP contribution in [0.2, 0.25) is 15.1 Å². The SMILES string of the molecule is C=CCC(CC)(CC)CN1CCN(C(=O)c2nn(-c3ccc(Cl)cc3Cl)c(-c3ccc(Cl)cc3)c2C)CC1. The summed E-state index contributed by atoms with van der Waals surface area (Å²) >= 11 is 18.9. The maximum absolute atomic E-state index is 13.8. The van der Waals surface area contributed by atoms with E-state index in [1.54, 1.807) is 16.8 Å². The first kappa shape index (κ1) is 28.7. The van der Waals surface area contributed by atoms with Gasteiger partial charge in [0.1, 0.15) is 0 Å². The van der Waals surface area contributed by atoms with Gasteiger partial charge in [-0.1, -0.05) is 66.9 Å². The van der Waals surface area contributed by atoms with Crippen LogP contribution < -0.4 is 0 Å². The molecule has 0 spiro atoms. The predicted molar refractivity (Wildman–Crippen MR) is 159 cm³/mol. The minimum Gasteiger partial charge on any atom is -0.335 e. The van der Waals surface area contributed by atoms with Crippen LogP contribution in [0.5, 0.6) is 0 Å². The Kier molecular flexibility index (Phi) is 9.25. The summed E-state index contributed by atoms with van der Waals surface area (Å²) in [6, 6.07) is 12.8. The molecule has 0 saturated carbocycles. The Balaban J connectivity index is 1.62. The summed E-state index contributed by atoms with van der Waals surface area (Å²) in [5.74, 6) is -0.0652. The summed E-state index contributed by atoms with van der Waals surface area (Å²) in [6.45, 7) is 14.5. The van der Waals surface area contributed by atoms with E-state index in [2.05, 4.69) is 25.3 Å². The van der Waals surface area contributed by atoms with Gasteiger partial charge in [0.2, 0.25) is 0 Å². The molecule has 0 aliphatic carbocycles. The molecule has 1 saturated heterocycles. The molecular formula is C30H35Cl3N4O. The van der Waals surface area contributed by atoms with Gasteiger partial charge in [-0.05, 0) is 61.9 Å². The van der Waals surface area contributed by atoms with E-state index >= 15 is 0 Å². The molecule has 0 atom stereocenters. The lowest BCUT2D eigenvalue weighted by Crippen LogP contribution is -2.51. The van der Waals surface area contributed by atoms with Gasteiger partial charge < -0.3 is 4.90 Å². The van der Waals surface area contributed by atoms with E-state index in [-0.39, 0.29) is 11.3 Å². The third-order valence-electron chi connectivity index (χ3n) is 7.88. The maximum Gasteiger partial charge on any atom is 0.274 e. The van der Waals surface area contributed by atoms with E-state index < -0.39 is 0 Å². The lowest BCUT2D eigenvalue weighted by Gasteiger charge is -2.41. The maximum atomic E-state index is 13.8. The van der Waals surface area contributed by atoms with Crippen LogP contribution in [-0.2, 0) is 0 Å². The molecule has 1 aromatic heterocycles. The number of piperazine rings is 1. The fourth-order valence-corrected chi connectivity index (χ4v) is 5.95. The minimum atomic E-state index is -0.0652. The number of benzene rings is 2. The van der Waals surface area contributed by atoms with Crippen LogP contribution >= 0.6 is 34.8 Å². The predicted octanol–water partition coefficient (Wildman–Crippen LogP) is 7.95. The van der Waals surface area contributed by atoms with Gasteiger partial charge in [0.25, 0.3) is 5.91 Å². The molecule has 0 unspecified atom stereocenters. The van der Waals surface area contributed by atoms with Crippen molar-refractivity contribution in [2.24, 2.45) is 5.41 Å². The smallest absolute Gasteiger partial charge is 0.274 e. The highest BCUT2D eigenvalue weighted by Crippen LogP contribution is 2.35. The lowest BCUT2D eigenvalue weighted by molar-refractivity contribution is 0.0534. The number of carbonyl (C=O) groups is 1. The molecule has 0 bridgehead atoms. The van der Waals surface area contributed by atoms with Crippen LogP contribution in [0.15, 0.2) is 55.1 Å². The number of hydrogen-bond donors (Lipinski definition) is 0. The van der Waals surface area contributed by atoms with E-state index in [1.807, 2.05) is 48.2 Å². The highest BCUT2D eigenvalue weighted by Gasteiger charge is 2.32. The Morgan fingerprint density at radius 3 is 2.21 bits per heavy atom. The largest absolute Gasteiger partial charge is 0.335 e. The second-order valence-corrected chi connectivity index (χ2v) is 11.4. The van der Waals surface area contributed by atoms with Crippen LogP contribution in [-0.4, -0.2) is 58.2 Å². The van der Waals surface area contributed by atoms with Gasteiger partial charge in [0.15, 0.2) is 5.69 Å². The van der Waals surface area contributed by atoms with Crippen molar-refractivity contribution >= 4 is 40.7 Å². The van der Waals surface area contributed by atoms with Gasteiger partial charge in [-0.15, -0.1) is 6.58 Å². The number of amides is 1. The molecule has 5 nitrogen and oxygen atoms in total. The highest BCUT2D eigenvalue weighted by atomic mass is 35.5. The fraction of sp³-hybridized carbons (Fsp3) is 0.400. The summed E-state index contributed by atoms with van der Waals surface area (Å²) in [5.41, 5.74) is 3.82. The molecule has 0 N–H and O–H groups in total. The Labute approximate surface area is 241 Å². The van der Waals surface area contributed by atoms with Crippen LogP contribution in [0.1, 0.15) is 49.2 Å². The van der Waals surface area contributed by atoms with E-state index in [1.165, 1.54) is 0 Å². The van der Waals surface area contributed by atoms with Crippen molar-refractivity contribution in [1.82, 2.24) is 19.6 Å². The van der Waals surface area contributed by atoms with Gasteiger partial charge in [0.05, 0.1) is 16.4 Å². The Bertz CT molecular complexity index is 1290. The number of rotatable bonds is 9. The minimum absolute atomic E-state index is 0.0652. The third kappa shape index (κ3) is 5.96. The van der Waals surface area contributed by atoms with Gasteiger partial charge in [0, 0.05) is 53.9 Å².